The third-order valence-electron chi connectivity index (χ3n) is 6.07. The van der Waals surface area contributed by atoms with E-state index in [-0.39, 0.29) is 0 Å². The lowest BCUT2D eigenvalue weighted by molar-refractivity contribution is 0.255. The summed E-state index contributed by atoms with van der Waals surface area (Å²) in [6.07, 6.45) is 0. The highest BCUT2D eigenvalue weighted by molar-refractivity contribution is 6.30. The molecule has 164 valence electrons. The Kier molecular flexibility index (Phi) is 6.39. The molecule has 1 aromatic heterocycles. The molecule has 1 saturated heterocycles. The summed E-state index contributed by atoms with van der Waals surface area (Å²) in [5.74, 6) is 0.860. The van der Waals surface area contributed by atoms with E-state index in [0.717, 1.165) is 61.3 Å². The van der Waals surface area contributed by atoms with Crippen LogP contribution in [0.5, 0.6) is 0 Å². The van der Waals surface area contributed by atoms with Crippen LogP contribution >= 0.6 is 11.6 Å². The van der Waals surface area contributed by atoms with Gasteiger partial charge >= 0.3 is 0 Å². The number of fused-ring (bicyclic) bond motifs is 1. The van der Waals surface area contributed by atoms with E-state index in [4.69, 9.17) is 16.1 Å². The topological polar surface area (TPSA) is 44.5 Å². The van der Waals surface area contributed by atoms with Gasteiger partial charge in [-0.3, -0.25) is 4.90 Å². The largest absolute Gasteiger partial charge is 0.369 e. The first-order chi connectivity index (χ1) is 15.8. The lowest BCUT2D eigenvalue weighted by Crippen LogP contribution is -2.48. The second-order valence-corrected chi connectivity index (χ2v) is 8.63. The van der Waals surface area contributed by atoms with Crippen molar-refractivity contribution >= 4 is 28.1 Å². The van der Waals surface area contributed by atoms with Gasteiger partial charge in [-0.1, -0.05) is 65.3 Å². The molecule has 1 fully saturated rings. The van der Waals surface area contributed by atoms with Gasteiger partial charge in [0.2, 0.25) is 0 Å². The summed E-state index contributed by atoms with van der Waals surface area (Å²) in [7, 11) is 0. The van der Waals surface area contributed by atoms with E-state index >= 15 is 0 Å². The highest BCUT2D eigenvalue weighted by Gasteiger charge is 2.17. The number of nitrogens with one attached hydrogen (secondary N) is 1. The van der Waals surface area contributed by atoms with Crippen molar-refractivity contribution in [1.82, 2.24) is 15.4 Å². The van der Waals surface area contributed by atoms with Crippen molar-refractivity contribution in [3.8, 4) is 11.3 Å². The van der Waals surface area contributed by atoms with Gasteiger partial charge in [0.05, 0.1) is 6.54 Å². The van der Waals surface area contributed by atoms with E-state index in [1.165, 1.54) is 16.5 Å². The molecule has 0 saturated carbocycles. The van der Waals surface area contributed by atoms with Gasteiger partial charge in [0, 0.05) is 61.6 Å². The molecule has 0 aliphatic carbocycles. The molecule has 1 aliphatic heterocycles. The maximum Gasteiger partial charge on any atom is 0.151 e. The van der Waals surface area contributed by atoms with E-state index in [0.29, 0.717) is 6.54 Å². The van der Waals surface area contributed by atoms with Gasteiger partial charge in [-0.15, -0.1) is 0 Å². The first-order valence-electron chi connectivity index (χ1n) is 11.1. The molecule has 5 rings (SSSR count). The molecule has 0 amide bonds. The Morgan fingerprint density at radius 2 is 1.72 bits per heavy atom. The number of benzene rings is 3. The van der Waals surface area contributed by atoms with Crippen molar-refractivity contribution in [2.75, 3.05) is 44.2 Å². The molecule has 32 heavy (non-hydrogen) atoms. The molecule has 2 heterocycles. The molecule has 0 spiro atoms. The Morgan fingerprint density at radius 1 is 0.906 bits per heavy atom. The normalized spacial score (nSPS) is 14.8. The van der Waals surface area contributed by atoms with E-state index in [9.17, 15) is 0 Å². The summed E-state index contributed by atoms with van der Waals surface area (Å²) >= 11 is 6.13. The molecule has 0 atom stereocenters. The van der Waals surface area contributed by atoms with Crippen molar-refractivity contribution in [2.24, 2.45) is 0 Å². The number of hydrogen-bond acceptors (Lipinski definition) is 5. The molecule has 6 heteroatoms. The third-order valence-corrected chi connectivity index (χ3v) is 6.31. The summed E-state index contributed by atoms with van der Waals surface area (Å²) in [5, 5.41) is 11.0. The number of hydrogen-bond donors (Lipinski definition) is 1. The van der Waals surface area contributed by atoms with Crippen molar-refractivity contribution in [2.45, 2.75) is 6.54 Å². The number of aromatic nitrogens is 1. The summed E-state index contributed by atoms with van der Waals surface area (Å²) < 4.78 is 5.59. The first kappa shape index (κ1) is 21.0. The van der Waals surface area contributed by atoms with Crippen molar-refractivity contribution < 1.29 is 4.52 Å². The Balaban J connectivity index is 1.09. The van der Waals surface area contributed by atoms with Crippen molar-refractivity contribution in [3.05, 3.63) is 83.6 Å². The van der Waals surface area contributed by atoms with Crippen LogP contribution in [-0.2, 0) is 6.54 Å². The zero-order valence-electron chi connectivity index (χ0n) is 18.0. The molecule has 0 unspecified atom stereocenters. The molecular weight excluding hydrogens is 420 g/mol. The lowest BCUT2D eigenvalue weighted by Gasteiger charge is -2.36. The number of anilines is 1. The van der Waals surface area contributed by atoms with Crippen LogP contribution in [0.25, 0.3) is 22.0 Å². The first-order valence-corrected chi connectivity index (χ1v) is 11.5. The van der Waals surface area contributed by atoms with Gasteiger partial charge in [-0.25, -0.2) is 0 Å². The summed E-state index contributed by atoms with van der Waals surface area (Å²) in [6, 6.07) is 24.8. The van der Waals surface area contributed by atoms with Crippen LogP contribution in [0.4, 0.5) is 5.69 Å². The molecule has 1 N–H and O–H groups in total. The molecule has 5 nitrogen and oxygen atoms in total. The van der Waals surface area contributed by atoms with Gasteiger partial charge < -0.3 is 14.7 Å². The average Bonchev–Trinajstić information content (AvgIpc) is 3.31. The number of piperazine rings is 1. The summed E-state index contributed by atoms with van der Waals surface area (Å²) in [4.78, 5) is 4.90. The third kappa shape index (κ3) is 4.80. The fourth-order valence-electron chi connectivity index (χ4n) is 4.32. The number of nitrogens with zero attached hydrogens (tertiary/aromatic N) is 3. The van der Waals surface area contributed by atoms with E-state index < -0.39 is 0 Å². The minimum atomic E-state index is 0.681. The SMILES string of the molecule is Clc1cccc(N2CCN(CCNCc3cc(-c4cccc5ccccc45)no3)CC2)c1. The predicted molar refractivity (Wildman–Crippen MR) is 131 cm³/mol. The Morgan fingerprint density at radius 3 is 2.59 bits per heavy atom. The number of halogens is 1. The molecule has 0 radical (unpaired) electrons. The van der Waals surface area contributed by atoms with Crippen LogP contribution in [0.3, 0.4) is 0 Å². The predicted octanol–water partition coefficient (Wildman–Crippen LogP) is 5.06. The average molecular weight is 447 g/mol. The van der Waals surface area contributed by atoms with Crippen LogP contribution in [0.15, 0.2) is 77.3 Å². The van der Waals surface area contributed by atoms with Gasteiger partial charge in [-0.2, -0.15) is 0 Å². The minimum Gasteiger partial charge on any atom is -0.369 e. The van der Waals surface area contributed by atoms with Gasteiger partial charge in [0.1, 0.15) is 5.69 Å². The quantitative estimate of drug-likeness (QED) is 0.402. The summed E-state index contributed by atoms with van der Waals surface area (Å²) in [6.45, 7) is 6.78. The van der Waals surface area contributed by atoms with E-state index in [1.807, 2.05) is 24.3 Å². The van der Waals surface area contributed by atoms with Crippen molar-refractivity contribution in [1.29, 1.82) is 0 Å². The minimum absolute atomic E-state index is 0.681. The molecule has 3 aromatic carbocycles. The van der Waals surface area contributed by atoms with Crippen molar-refractivity contribution in [3.63, 3.8) is 0 Å². The van der Waals surface area contributed by atoms with E-state index in [1.54, 1.807) is 0 Å². The monoisotopic (exact) mass is 446 g/mol. The Bertz CT molecular complexity index is 1180. The molecular formula is C26H27ClN4O. The number of rotatable bonds is 7. The van der Waals surface area contributed by atoms with Gasteiger partial charge in [0.25, 0.3) is 0 Å². The highest BCUT2D eigenvalue weighted by Crippen LogP contribution is 2.28. The zero-order chi connectivity index (χ0) is 21.8. The molecule has 0 bridgehead atoms. The molecule has 1 aliphatic rings. The van der Waals surface area contributed by atoms with Gasteiger partial charge in [-0.05, 0) is 29.0 Å². The Labute approximate surface area is 193 Å². The van der Waals surface area contributed by atoms with Crippen LogP contribution in [-0.4, -0.2) is 49.3 Å². The smallest absolute Gasteiger partial charge is 0.151 e. The van der Waals surface area contributed by atoms with Crippen LogP contribution < -0.4 is 10.2 Å². The second kappa shape index (κ2) is 9.74. The standard InChI is InChI=1S/C26H27ClN4O/c27-21-7-4-8-22(17-21)31-15-13-30(14-16-31)12-11-28-19-23-18-26(29-32-23)25-10-3-6-20-5-1-2-9-24(20)25/h1-10,17-18,28H,11-16,19H2. The summed E-state index contributed by atoms with van der Waals surface area (Å²) in [5.41, 5.74) is 3.20. The molecule has 4 aromatic rings. The zero-order valence-corrected chi connectivity index (χ0v) is 18.8. The maximum absolute atomic E-state index is 6.13. The van der Waals surface area contributed by atoms with Gasteiger partial charge in [0.15, 0.2) is 5.76 Å². The fourth-order valence-corrected chi connectivity index (χ4v) is 4.51. The van der Waals surface area contributed by atoms with Crippen LogP contribution in [0.2, 0.25) is 5.02 Å². The maximum atomic E-state index is 6.13. The lowest BCUT2D eigenvalue weighted by atomic mass is 10.0. The highest BCUT2D eigenvalue weighted by atomic mass is 35.5. The van der Waals surface area contributed by atoms with E-state index in [2.05, 4.69) is 68.8 Å². The second-order valence-electron chi connectivity index (χ2n) is 8.19. The van der Waals surface area contributed by atoms with Crippen LogP contribution in [0.1, 0.15) is 5.76 Å². The van der Waals surface area contributed by atoms with Crippen LogP contribution in [0, 0.1) is 0 Å². The Hall–Kier alpha value is -2.86. The fraction of sp³-hybridized carbons (Fsp3) is 0.269.